The highest BCUT2D eigenvalue weighted by atomic mass is 28.3. The molecule has 12 heavy (non-hydrogen) atoms. The second-order valence-electron chi connectivity index (χ2n) is 4.83. The lowest BCUT2D eigenvalue weighted by molar-refractivity contribution is 0.810. The van der Waals surface area contributed by atoms with Crippen molar-refractivity contribution in [1.29, 1.82) is 0 Å². The van der Waals surface area contributed by atoms with Crippen LogP contribution in [0.4, 0.5) is 0 Å². The fraction of sp³-hybridized carbons (Fsp3) is 0.909. The SMILES string of the molecule is [CH2]C[Si](C(C)C)(C(C)C)C(C)C. The van der Waals surface area contributed by atoms with Gasteiger partial charge in [-0.3, -0.25) is 0 Å². The van der Waals surface area contributed by atoms with Crippen molar-refractivity contribution in [3.63, 3.8) is 0 Å². The maximum atomic E-state index is 4.18. The van der Waals surface area contributed by atoms with Gasteiger partial charge in [0.05, 0.1) is 8.07 Å². The van der Waals surface area contributed by atoms with Crippen LogP contribution < -0.4 is 0 Å². The molecule has 0 amide bonds. The topological polar surface area (TPSA) is 0 Å². The van der Waals surface area contributed by atoms with Crippen LogP contribution in [-0.4, -0.2) is 8.07 Å². The van der Waals surface area contributed by atoms with E-state index in [4.69, 9.17) is 0 Å². The lowest BCUT2D eigenvalue weighted by Crippen LogP contribution is -2.43. The third kappa shape index (κ3) is 1.93. The summed E-state index contributed by atoms with van der Waals surface area (Å²) in [7, 11) is -1.11. The Morgan fingerprint density at radius 2 is 1.08 bits per heavy atom. The summed E-state index contributed by atoms with van der Waals surface area (Å²) in [5, 5.41) is 0. The highest BCUT2D eigenvalue weighted by Crippen LogP contribution is 2.43. The number of hydrogen-bond donors (Lipinski definition) is 0. The van der Waals surface area contributed by atoms with Gasteiger partial charge in [-0.05, 0) is 0 Å². The molecule has 0 aliphatic carbocycles. The normalized spacial score (nSPS) is 13.5. The summed E-state index contributed by atoms with van der Waals surface area (Å²) < 4.78 is 0. The van der Waals surface area contributed by atoms with E-state index in [0.717, 1.165) is 16.6 Å². The van der Waals surface area contributed by atoms with E-state index < -0.39 is 8.07 Å². The van der Waals surface area contributed by atoms with Gasteiger partial charge in [0.2, 0.25) is 0 Å². The Labute approximate surface area is 79.8 Å². The molecule has 0 N–H and O–H groups in total. The third-order valence-corrected chi connectivity index (χ3v) is 11.0. The van der Waals surface area contributed by atoms with Crippen LogP contribution >= 0.6 is 0 Å². The first-order valence-electron chi connectivity index (χ1n) is 5.18. The Bertz CT molecular complexity index is 103. The van der Waals surface area contributed by atoms with Crippen LogP contribution in [0, 0.1) is 6.92 Å². The first kappa shape index (κ1) is 12.2. The third-order valence-electron chi connectivity index (χ3n) is 3.66. The van der Waals surface area contributed by atoms with Crippen LogP contribution in [0.5, 0.6) is 0 Å². The summed E-state index contributed by atoms with van der Waals surface area (Å²) in [4.78, 5) is 0. The fourth-order valence-corrected chi connectivity index (χ4v) is 8.60. The second-order valence-corrected chi connectivity index (χ2v) is 11.0. The monoisotopic (exact) mass is 185 g/mol. The molecule has 0 aromatic carbocycles. The van der Waals surface area contributed by atoms with E-state index in [1.165, 1.54) is 6.04 Å². The number of rotatable bonds is 4. The zero-order chi connectivity index (χ0) is 9.94. The van der Waals surface area contributed by atoms with Gasteiger partial charge >= 0.3 is 0 Å². The maximum absolute atomic E-state index is 4.18. The molecule has 0 aliphatic rings. The van der Waals surface area contributed by atoms with Crippen LogP contribution in [0.2, 0.25) is 22.7 Å². The molecule has 0 bridgehead atoms. The first-order valence-corrected chi connectivity index (χ1v) is 7.62. The van der Waals surface area contributed by atoms with Gasteiger partial charge in [-0.1, -0.05) is 71.1 Å². The van der Waals surface area contributed by atoms with Gasteiger partial charge in [-0.25, -0.2) is 0 Å². The molecular weight excluding hydrogens is 160 g/mol. The summed E-state index contributed by atoms with van der Waals surface area (Å²) in [6.45, 7) is 18.5. The predicted molar refractivity (Wildman–Crippen MR) is 61.2 cm³/mol. The Morgan fingerprint density at radius 3 is 1.08 bits per heavy atom. The summed E-state index contributed by atoms with van der Waals surface area (Å²) in [5.74, 6) is 0. The molecule has 0 saturated heterocycles. The van der Waals surface area contributed by atoms with Crippen molar-refractivity contribution in [2.45, 2.75) is 64.2 Å². The first-order chi connectivity index (χ1) is 5.39. The number of hydrogen-bond acceptors (Lipinski definition) is 0. The van der Waals surface area contributed by atoms with Crippen molar-refractivity contribution in [3.8, 4) is 0 Å². The van der Waals surface area contributed by atoms with E-state index in [1.54, 1.807) is 0 Å². The molecule has 0 aliphatic heterocycles. The molecular formula is C11H25Si. The largest absolute Gasteiger partial charge is 0.0651 e. The van der Waals surface area contributed by atoms with Gasteiger partial charge in [0, 0.05) is 0 Å². The van der Waals surface area contributed by atoms with E-state index in [2.05, 4.69) is 48.5 Å². The van der Waals surface area contributed by atoms with Gasteiger partial charge in [-0.2, -0.15) is 0 Å². The van der Waals surface area contributed by atoms with Gasteiger partial charge in [-0.15, -0.1) is 0 Å². The summed E-state index contributed by atoms with van der Waals surface area (Å²) in [6.07, 6.45) is 0. The molecule has 1 heteroatoms. The Hall–Kier alpha value is 0.217. The van der Waals surface area contributed by atoms with Crippen molar-refractivity contribution >= 4 is 8.07 Å². The quantitative estimate of drug-likeness (QED) is 0.566. The smallest absolute Gasteiger partial charge is 0.0612 e. The molecule has 0 spiro atoms. The molecule has 0 fully saturated rings. The summed E-state index contributed by atoms with van der Waals surface area (Å²) >= 11 is 0. The van der Waals surface area contributed by atoms with E-state index >= 15 is 0 Å². The van der Waals surface area contributed by atoms with Crippen LogP contribution in [0.15, 0.2) is 0 Å². The average Bonchev–Trinajstić information content (AvgIpc) is 1.86. The fourth-order valence-electron chi connectivity index (χ4n) is 2.87. The van der Waals surface area contributed by atoms with Crippen molar-refractivity contribution in [1.82, 2.24) is 0 Å². The lowest BCUT2D eigenvalue weighted by atomic mass is 10.5. The van der Waals surface area contributed by atoms with Crippen LogP contribution in [0.1, 0.15) is 41.5 Å². The van der Waals surface area contributed by atoms with Crippen LogP contribution in [0.25, 0.3) is 0 Å². The molecule has 0 atom stereocenters. The molecule has 0 unspecified atom stereocenters. The van der Waals surface area contributed by atoms with Crippen molar-refractivity contribution in [2.24, 2.45) is 0 Å². The second kappa shape index (κ2) is 4.45. The Kier molecular flexibility index (Phi) is 4.53. The Balaban J connectivity index is 4.77. The molecule has 0 aromatic heterocycles. The van der Waals surface area contributed by atoms with Gasteiger partial charge in [0.15, 0.2) is 0 Å². The Morgan fingerprint density at radius 1 is 0.833 bits per heavy atom. The molecule has 73 valence electrons. The minimum Gasteiger partial charge on any atom is -0.0651 e. The minimum absolute atomic E-state index is 0.870. The van der Waals surface area contributed by atoms with Gasteiger partial charge < -0.3 is 0 Å². The molecule has 0 nitrogen and oxygen atoms in total. The highest BCUT2D eigenvalue weighted by Gasteiger charge is 2.40. The summed E-state index contributed by atoms with van der Waals surface area (Å²) in [5.41, 5.74) is 2.61. The van der Waals surface area contributed by atoms with E-state index in [-0.39, 0.29) is 0 Å². The van der Waals surface area contributed by atoms with Crippen molar-refractivity contribution in [2.75, 3.05) is 0 Å². The molecule has 0 saturated carbocycles. The van der Waals surface area contributed by atoms with Crippen molar-refractivity contribution < 1.29 is 0 Å². The molecule has 0 heterocycles. The highest BCUT2D eigenvalue weighted by molar-refractivity contribution is 6.83. The minimum atomic E-state index is -1.11. The van der Waals surface area contributed by atoms with Crippen LogP contribution in [0.3, 0.4) is 0 Å². The van der Waals surface area contributed by atoms with Gasteiger partial charge in [0.1, 0.15) is 0 Å². The van der Waals surface area contributed by atoms with Gasteiger partial charge in [0.25, 0.3) is 0 Å². The molecule has 0 rings (SSSR count). The standard InChI is InChI=1S/C11H25Si/c1-8-12(9(2)3,10(4)5)11(6)7/h9-11H,1,8H2,2-7H3. The zero-order valence-electron chi connectivity index (χ0n) is 9.65. The molecule has 1 radical (unpaired) electrons. The predicted octanol–water partition coefficient (Wildman–Crippen LogP) is 4.50. The summed E-state index contributed by atoms with van der Waals surface area (Å²) in [6, 6.07) is 1.19. The van der Waals surface area contributed by atoms with E-state index in [1.807, 2.05) is 0 Å². The molecule has 0 aromatic rings. The van der Waals surface area contributed by atoms with Crippen molar-refractivity contribution in [3.05, 3.63) is 6.92 Å². The van der Waals surface area contributed by atoms with E-state index in [0.29, 0.717) is 0 Å². The average molecular weight is 185 g/mol. The maximum Gasteiger partial charge on any atom is 0.0612 e. The zero-order valence-corrected chi connectivity index (χ0v) is 10.6. The van der Waals surface area contributed by atoms with Crippen LogP contribution in [-0.2, 0) is 0 Å². The lowest BCUT2D eigenvalue weighted by Gasteiger charge is -2.42. The van der Waals surface area contributed by atoms with E-state index in [9.17, 15) is 0 Å².